The molecule has 1 heterocycles. The number of carbonyl (C=O) groups is 3. The highest BCUT2D eigenvalue weighted by atomic mass is 19.4. The molecule has 0 fully saturated rings. The molecular formula is C30H25F8N3O3. The number of halogens is 8. The van der Waals surface area contributed by atoms with Gasteiger partial charge in [0.25, 0.3) is 5.91 Å². The van der Waals surface area contributed by atoms with Gasteiger partial charge in [0.2, 0.25) is 11.8 Å². The molecule has 0 spiro atoms. The molecule has 0 bridgehead atoms. The lowest BCUT2D eigenvalue weighted by molar-refractivity contribution is -0.138. The number of anilines is 1. The van der Waals surface area contributed by atoms with E-state index < -0.39 is 106 Å². The number of hydrogen-bond acceptors (Lipinski definition) is 3. The van der Waals surface area contributed by atoms with Gasteiger partial charge in [0.15, 0.2) is 11.6 Å². The van der Waals surface area contributed by atoms with Crippen LogP contribution in [0, 0.1) is 29.1 Å². The number of nitrogens with zero attached hydrogens (tertiary/aromatic N) is 1. The van der Waals surface area contributed by atoms with Crippen LogP contribution in [0.25, 0.3) is 0 Å². The number of nitrogens with one attached hydrogen (secondary N) is 2. The molecule has 0 saturated heterocycles. The summed E-state index contributed by atoms with van der Waals surface area (Å²) in [5, 5.41) is 4.45. The molecule has 4 rings (SSSR count). The van der Waals surface area contributed by atoms with Crippen molar-refractivity contribution in [3.8, 4) is 0 Å². The van der Waals surface area contributed by atoms with Crippen molar-refractivity contribution in [3.63, 3.8) is 0 Å². The minimum absolute atomic E-state index is 0.102. The number of rotatable bonds is 7. The van der Waals surface area contributed by atoms with E-state index in [1.165, 1.54) is 32.0 Å². The summed E-state index contributed by atoms with van der Waals surface area (Å²) in [6.45, 7) is 2.93. The van der Waals surface area contributed by atoms with Gasteiger partial charge in [0.05, 0.1) is 16.8 Å². The average Bonchev–Trinajstić information content (AvgIpc) is 3.08. The Morgan fingerprint density at radius 3 is 2.27 bits per heavy atom. The van der Waals surface area contributed by atoms with Gasteiger partial charge in [-0.2, -0.15) is 13.2 Å². The monoisotopic (exact) mass is 627 g/mol. The molecule has 44 heavy (non-hydrogen) atoms. The fourth-order valence-corrected chi connectivity index (χ4v) is 5.01. The third kappa shape index (κ3) is 6.68. The topological polar surface area (TPSA) is 78.5 Å². The SMILES string of the molecule is CC(C)N1C(=O)[C@H](NC(=O)[C@@H](Cc2ccccc2F)NC(=O)c2ccc(F)cc2C(F)(F)F)CCc2c(F)c(F)cc(F)c21. The fraction of sp³-hybridized carbons (Fsp3) is 0.300. The maximum absolute atomic E-state index is 14.8. The average molecular weight is 628 g/mol. The lowest BCUT2D eigenvalue weighted by Crippen LogP contribution is -2.55. The Bertz CT molecular complexity index is 1610. The summed E-state index contributed by atoms with van der Waals surface area (Å²) < 4.78 is 112. The Morgan fingerprint density at radius 1 is 0.955 bits per heavy atom. The highest BCUT2D eigenvalue weighted by Crippen LogP contribution is 2.35. The van der Waals surface area contributed by atoms with Gasteiger partial charge in [0, 0.05) is 24.1 Å². The van der Waals surface area contributed by atoms with E-state index in [1.54, 1.807) is 0 Å². The van der Waals surface area contributed by atoms with Gasteiger partial charge in [-0.1, -0.05) is 18.2 Å². The quantitative estimate of drug-likeness (QED) is 0.264. The molecule has 234 valence electrons. The van der Waals surface area contributed by atoms with E-state index in [1.807, 2.05) is 0 Å². The Kier molecular flexibility index (Phi) is 9.30. The first-order valence-corrected chi connectivity index (χ1v) is 13.3. The molecule has 0 aromatic heterocycles. The van der Waals surface area contributed by atoms with Gasteiger partial charge in [-0.15, -0.1) is 0 Å². The van der Waals surface area contributed by atoms with Gasteiger partial charge >= 0.3 is 6.18 Å². The zero-order valence-corrected chi connectivity index (χ0v) is 23.2. The van der Waals surface area contributed by atoms with Crippen LogP contribution in [0.1, 0.15) is 47.3 Å². The molecule has 2 atom stereocenters. The van der Waals surface area contributed by atoms with E-state index in [0.29, 0.717) is 18.2 Å². The molecule has 0 saturated carbocycles. The first-order chi connectivity index (χ1) is 20.6. The molecule has 0 radical (unpaired) electrons. The Hall–Kier alpha value is -4.49. The highest BCUT2D eigenvalue weighted by molar-refractivity contribution is 6.03. The van der Waals surface area contributed by atoms with Gasteiger partial charge in [-0.3, -0.25) is 14.4 Å². The van der Waals surface area contributed by atoms with Gasteiger partial charge < -0.3 is 15.5 Å². The standard InChI is InChI=1S/C30H25F8N3O3/c1-14(2)41-26-18(25(35)21(33)13-22(26)34)9-10-23(29(41)44)39-28(43)24(11-15-5-3-4-6-20(15)32)40-27(42)17-8-7-16(31)12-19(17)30(36,37)38/h3-8,12-14,23-24H,9-11H2,1-2H3,(H,39,43)(H,40,42)/t23-,24-/m1/s1. The van der Waals surface area contributed by atoms with E-state index in [0.717, 1.165) is 11.0 Å². The van der Waals surface area contributed by atoms with Crippen LogP contribution < -0.4 is 15.5 Å². The maximum Gasteiger partial charge on any atom is 0.417 e. The predicted octanol–water partition coefficient (Wildman–Crippen LogP) is 5.61. The molecule has 3 aromatic carbocycles. The van der Waals surface area contributed by atoms with Crippen LogP contribution in [0.4, 0.5) is 40.8 Å². The van der Waals surface area contributed by atoms with Crippen LogP contribution in [0.5, 0.6) is 0 Å². The Balaban J connectivity index is 1.68. The van der Waals surface area contributed by atoms with Crippen molar-refractivity contribution in [1.29, 1.82) is 0 Å². The number of carbonyl (C=O) groups excluding carboxylic acids is 3. The van der Waals surface area contributed by atoms with Crippen LogP contribution >= 0.6 is 0 Å². The van der Waals surface area contributed by atoms with Crippen molar-refractivity contribution in [2.75, 3.05) is 4.90 Å². The second kappa shape index (κ2) is 12.6. The first kappa shape index (κ1) is 32.4. The van der Waals surface area contributed by atoms with E-state index in [-0.39, 0.29) is 18.1 Å². The van der Waals surface area contributed by atoms with Gasteiger partial charge in [-0.25, -0.2) is 22.0 Å². The van der Waals surface area contributed by atoms with Crippen molar-refractivity contribution in [2.45, 2.75) is 57.4 Å². The van der Waals surface area contributed by atoms with E-state index in [9.17, 15) is 49.5 Å². The van der Waals surface area contributed by atoms with Crippen molar-refractivity contribution >= 4 is 23.4 Å². The molecule has 1 aliphatic rings. The minimum atomic E-state index is -5.15. The molecule has 3 aromatic rings. The molecule has 0 unspecified atom stereocenters. The molecular weight excluding hydrogens is 602 g/mol. The van der Waals surface area contributed by atoms with Crippen LogP contribution in [0.3, 0.4) is 0 Å². The van der Waals surface area contributed by atoms with Crippen molar-refractivity contribution in [1.82, 2.24) is 10.6 Å². The summed E-state index contributed by atoms with van der Waals surface area (Å²) in [6.07, 6.45) is -6.48. The molecule has 1 aliphatic heterocycles. The van der Waals surface area contributed by atoms with Crippen LogP contribution in [-0.4, -0.2) is 35.8 Å². The first-order valence-electron chi connectivity index (χ1n) is 13.3. The molecule has 14 heteroatoms. The summed E-state index contributed by atoms with van der Waals surface area (Å²) >= 11 is 0. The molecule has 2 N–H and O–H groups in total. The minimum Gasteiger partial charge on any atom is -0.342 e. The lowest BCUT2D eigenvalue weighted by Gasteiger charge is -2.30. The summed E-state index contributed by atoms with van der Waals surface area (Å²) in [4.78, 5) is 40.9. The third-order valence-electron chi connectivity index (χ3n) is 7.07. The summed E-state index contributed by atoms with van der Waals surface area (Å²) in [5.41, 5.74) is -3.71. The normalized spacial score (nSPS) is 15.9. The van der Waals surface area contributed by atoms with Crippen LogP contribution in [0.2, 0.25) is 0 Å². The Morgan fingerprint density at radius 2 is 1.64 bits per heavy atom. The van der Waals surface area contributed by atoms with Crippen LogP contribution in [-0.2, 0) is 28.6 Å². The van der Waals surface area contributed by atoms with Crippen molar-refractivity contribution < 1.29 is 49.5 Å². The number of benzene rings is 3. The second-order valence-electron chi connectivity index (χ2n) is 10.4. The summed E-state index contributed by atoms with van der Waals surface area (Å²) in [6, 6.07) is 2.56. The van der Waals surface area contributed by atoms with Crippen molar-refractivity contribution in [3.05, 3.63) is 99.9 Å². The molecule has 3 amide bonds. The number of hydrogen-bond donors (Lipinski definition) is 2. The zero-order valence-electron chi connectivity index (χ0n) is 23.2. The maximum atomic E-state index is 14.8. The number of fused-ring (bicyclic) bond motifs is 1. The third-order valence-corrected chi connectivity index (χ3v) is 7.07. The molecule has 0 aliphatic carbocycles. The van der Waals surface area contributed by atoms with E-state index in [4.69, 9.17) is 0 Å². The predicted molar refractivity (Wildman–Crippen MR) is 142 cm³/mol. The van der Waals surface area contributed by atoms with Gasteiger partial charge in [0.1, 0.15) is 29.5 Å². The fourth-order valence-electron chi connectivity index (χ4n) is 5.01. The summed E-state index contributed by atoms with van der Waals surface area (Å²) in [5.74, 6) is -9.65. The summed E-state index contributed by atoms with van der Waals surface area (Å²) in [7, 11) is 0. The highest BCUT2D eigenvalue weighted by Gasteiger charge is 2.39. The second-order valence-corrected chi connectivity index (χ2v) is 10.4. The smallest absolute Gasteiger partial charge is 0.342 e. The van der Waals surface area contributed by atoms with Gasteiger partial charge in [-0.05, 0) is 56.5 Å². The largest absolute Gasteiger partial charge is 0.417 e. The molecule has 6 nitrogen and oxygen atoms in total. The van der Waals surface area contributed by atoms with E-state index in [2.05, 4.69) is 10.6 Å². The number of alkyl halides is 3. The Labute approximate surface area is 246 Å². The van der Waals surface area contributed by atoms with Crippen molar-refractivity contribution in [2.24, 2.45) is 0 Å². The zero-order chi connectivity index (χ0) is 32.5. The van der Waals surface area contributed by atoms with Crippen LogP contribution in [0.15, 0.2) is 48.5 Å². The number of amides is 3. The van der Waals surface area contributed by atoms with E-state index >= 15 is 0 Å². The lowest BCUT2D eigenvalue weighted by atomic mass is 10.0.